The number of aromatic nitrogens is 2. The number of rotatable bonds is 6. The summed E-state index contributed by atoms with van der Waals surface area (Å²) >= 11 is 0. The third kappa shape index (κ3) is 3.49. The summed E-state index contributed by atoms with van der Waals surface area (Å²) in [4.78, 5) is 14.9. The molecule has 0 saturated carbocycles. The summed E-state index contributed by atoms with van der Waals surface area (Å²) in [6, 6.07) is 7.80. The van der Waals surface area contributed by atoms with E-state index in [1.165, 1.54) is 0 Å². The van der Waals surface area contributed by atoms with Crippen LogP contribution in [-0.2, 0) is 17.8 Å². The highest BCUT2D eigenvalue weighted by Gasteiger charge is 2.18. The van der Waals surface area contributed by atoms with E-state index < -0.39 is 6.10 Å². The molecule has 1 saturated heterocycles. The van der Waals surface area contributed by atoms with Crippen LogP contribution in [-0.4, -0.2) is 58.1 Å². The molecule has 1 aromatic carbocycles. The van der Waals surface area contributed by atoms with Crippen LogP contribution in [0.3, 0.4) is 0 Å². The zero-order valence-electron chi connectivity index (χ0n) is 13.6. The second kappa shape index (κ2) is 7.29. The van der Waals surface area contributed by atoms with Crippen LogP contribution < -0.4 is 5.69 Å². The minimum Gasteiger partial charge on any atom is -0.390 e. The smallest absolute Gasteiger partial charge is 0.329 e. The maximum Gasteiger partial charge on any atom is 0.329 e. The molecule has 6 nitrogen and oxygen atoms in total. The number of aryl methyl sites for hydroxylation is 1. The average Bonchev–Trinajstić information content (AvgIpc) is 2.82. The van der Waals surface area contributed by atoms with Crippen LogP contribution in [0.15, 0.2) is 29.1 Å². The topological polar surface area (TPSA) is 59.6 Å². The molecule has 1 atom stereocenters. The maximum atomic E-state index is 12.7. The largest absolute Gasteiger partial charge is 0.390 e. The van der Waals surface area contributed by atoms with Gasteiger partial charge in [0.2, 0.25) is 0 Å². The van der Waals surface area contributed by atoms with Gasteiger partial charge in [-0.05, 0) is 18.6 Å². The molecule has 3 rings (SSSR count). The average molecular weight is 319 g/mol. The van der Waals surface area contributed by atoms with Gasteiger partial charge in [-0.3, -0.25) is 14.0 Å². The number of benzene rings is 1. The van der Waals surface area contributed by atoms with Gasteiger partial charge in [-0.25, -0.2) is 4.79 Å². The number of fused-ring (bicyclic) bond motifs is 1. The lowest BCUT2D eigenvalue weighted by molar-refractivity contribution is 0.0115. The number of ether oxygens (including phenoxy) is 1. The van der Waals surface area contributed by atoms with Crippen molar-refractivity contribution in [2.24, 2.45) is 0 Å². The van der Waals surface area contributed by atoms with Crippen LogP contribution in [0.4, 0.5) is 0 Å². The number of aliphatic hydroxyl groups excluding tert-OH is 1. The molecule has 1 fully saturated rings. The molecule has 1 N–H and O–H groups in total. The maximum absolute atomic E-state index is 12.7. The van der Waals surface area contributed by atoms with Crippen molar-refractivity contribution in [3.63, 3.8) is 0 Å². The zero-order chi connectivity index (χ0) is 16.2. The highest BCUT2D eigenvalue weighted by molar-refractivity contribution is 5.75. The van der Waals surface area contributed by atoms with Crippen LogP contribution in [0.25, 0.3) is 11.0 Å². The van der Waals surface area contributed by atoms with Crippen molar-refractivity contribution in [1.29, 1.82) is 0 Å². The van der Waals surface area contributed by atoms with E-state index >= 15 is 0 Å². The molecule has 0 amide bonds. The molecule has 0 bridgehead atoms. The Hall–Kier alpha value is -1.63. The van der Waals surface area contributed by atoms with E-state index in [-0.39, 0.29) is 5.69 Å². The number of aliphatic hydroxyl groups is 1. The molecular formula is C17H25N3O3. The van der Waals surface area contributed by atoms with E-state index in [9.17, 15) is 9.90 Å². The summed E-state index contributed by atoms with van der Waals surface area (Å²) in [5.41, 5.74) is 1.80. The van der Waals surface area contributed by atoms with Crippen molar-refractivity contribution >= 4 is 11.0 Å². The first-order chi connectivity index (χ1) is 11.2. The van der Waals surface area contributed by atoms with Gasteiger partial charge in [0.25, 0.3) is 0 Å². The monoisotopic (exact) mass is 319 g/mol. The number of imidazole rings is 1. The van der Waals surface area contributed by atoms with E-state index in [0.717, 1.165) is 30.5 Å². The lowest BCUT2D eigenvalue weighted by atomic mass is 10.2. The lowest BCUT2D eigenvalue weighted by Crippen LogP contribution is -2.42. The minimum absolute atomic E-state index is 0.0333. The first-order valence-electron chi connectivity index (χ1n) is 8.37. The Balaban J connectivity index is 1.81. The molecule has 0 unspecified atom stereocenters. The summed E-state index contributed by atoms with van der Waals surface area (Å²) in [6.45, 7) is 6.76. The Morgan fingerprint density at radius 2 is 1.78 bits per heavy atom. The molecule has 1 aromatic heterocycles. The van der Waals surface area contributed by atoms with Gasteiger partial charge in [-0.2, -0.15) is 0 Å². The van der Waals surface area contributed by atoms with E-state index in [0.29, 0.717) is 32.8 Å². The Morgan fingerprint density at radius 3 is 2.43 bits per heavy atom. The number of hydrogen-bond donors (Lipinski definition) is 1. The van der Waals surface area contributed by atoms with Gasteiger partial charge in [0.1, 0.15) is 0 Å². The lowest BCUT2D eigenvalue weighted by Gasteiger charge is -2.28. The SMILES string of the molecule is CCCn1c(=O)n(C[C@H](O)CN2CCOCC2)c2ccccc21. The molecule has 0 spiro atoms. The summed E-state index contributed by atoms with van der Waals surface area (Å²) in [5.74, 6) is 0. The second-order valence-electron chi connectivity index (χ2n) is 6.10. The predicted molar refractivity (Wildman–Crippen MR) is 89.8 cm³/mol. The van der Waals surface area contributed by atoms with Gasteiger partial charge in [-0.15, -0.1) is 0 Å². The molecule has 126 valence electrons. The number of hydrogen-bond acceptors (Lipinski definition) is 4. The fourth-order valence-corrected chi connectivity index (χ4v) is 3.24. The van der Waals surface area contributed by atoms with Crippen molar-refractivity contribution < 1.29 is 9.84 Å². The Kier molecular flexibility index (Phi) is 5.15. The minimum atomic E-state index is -0.563. The van der Waals surface area contributed by atoms with Crippen molar-refractivity contribution in [3.05, 3.63) is 34.7 Å². The van der Waals surface area contributed by atoms with E-state index in [2.05, 4.69) is 11.8 Å². The molecule has 0 radical (unpaired) electrons. The highest BCUT2D eigenvalue weighted by atomic mass is 16.5. The normalized spacial score (nSPS) is 17.7. The molecule has 1 aliphatic rings. The molecule has 2 aromatic rings. The molecular weight excluding hydrogens is 294 g/mol. The predicted octanol–water partition coefficient (Wildman–Crippen LogP) is 0.906. The summed E-state index contributed by atoms with van der Waals surface area (Å²) < 4.78 is 8.83. The summed E-state index contributed by atoms with van der Waals surface area (Å²) in [7, 11) is 0. The summed E-state index contributed by atoms with van der Waals surface area (Å²) in [5, 5.41) is 10.4. The van der Waals surface area contributed by atoms with Crippen LogP contribution in [0, 0.1) is 0 Å². The van der Waals surface area contributed by atoms with Gasteiger partial charge in [0.05, 0.1) is 36.9 Å². The molecule has 23 heavy (non-hydrogen) atoms. The van der Waals surface area contributed by atoms with Crippen LogP contribution in [0.5, 0.6) is 0 Å². The molecule has 6 heteroatoms. The van der Waals surface area contributed by atoms with Crippen molar-refractivity contribution in [1.82, 2.24) is 14.0 Å². The number of β-amino-alcohol motifs (C(OH)–C–C–N with tert-alkyl or cyclic N) is 1. The molecule has 0 aliphatic carbocycles. The quantitative estimate of drug-likeness (QED) is 0.860. The standard InChI is InChI=1S/C17H25N3O3/c1-2-7-19-15-5-3-4-6-16(15)20(17(19)22)13-14(21)12-18-8-10-23-11-9-18/h3-6,14,21H,2,7-13H2,1H3/t14-/m1/s1. The van der Waals surface area contributed by atoms with Crippen molar-refractivity contribution in [3.8, 4) is 0 Å². The molecule has 1 aliphatic heterocycles. The molecule has 2 heterocycles. The van der Waals surface area contributed by atoms with E-state index in [1.807, 2.05) is 24.3 Å². The Labute approximate surface area is 135 Å². The third-order valence-electron chi connectivity index (χ3n) is 4.34. The number of nitrogens with zero attached hydrogens (tertiary/aromatic N) is 3. The summed E-state index contributed by atoms with van der Waals surface area (Å²) in [6.07, 6.45) is 0.344. The van der Waals surface area contributed by atoms with Crippen molar-refractivity contribution in [2.45, 2.75) is 32.5 Å². The zero-order valence-corrected chi connectivity index (χ0v) is 13.6. The number of morpholine rings is 1. The highest BCUT2D eigenvalue weighted by Crippen LogP contribution is 2.14. The van der Waals surface area contributed by atoms with E-state index in [4.69, 9.17) is 4.74 Å². The van der Waals surface area contributed by atoms with Gasteiger partial charge < -0.3 is 9.84 Å². The first kappa shape index (κ1) is 16.2. The number of para-hydroxylation sites is 2. The van der Waals surface area contributed by atoms with E-state index in [1.54, 1.807) is 9.13 Å². The van der Waals surface area contributed by atoms with Crippen molar-refractivity contribution in [2.75, 3.05) is 32.8 Å². The van der Waals surface area contributed by atoms with Gasteiger partial charge in [-0.1, -0.05) is 19.1 Å². The van der Waals surface area contributed by atoms with Crippen LogP contribution in [0.1, 0.15) is 13.3 Å². The Morgan fingerprint density at radius 1 is 1.13 bits per heavy atom. The third-order valence-corrected chi connectivity index (χ3v) is 4.34. The Bertz CT molecular complexity index is 701. The fraction of sp³-hybridized carbons (Fsp3) is 0.588. The first-order valence-corrected chi connectivity index (χ1v) is 8.37. The van der Waals surface area contributed by atoms with Crippen LogP contribution in [0.2, 0.25) is 0 Å². The second-order valence-corrected chi connectivity index (χ2v) is 6.10. The van der Waals surface area contributed by atoms with Gasteiger partial charge >= 0.3 is 5.69 Å². The van der Waals surface area contributed by atoms with Gasteiger partial charge in [0, 0.05) is 26.2 Å². The fourth-order valence-electron chi connectivity index (χ4n) is 3.24. The van der Waals surface area contributed by atoms with Gasteiger partial charge in [0.15, 0.2) is 0 Å². The van der Waals surface area contributed by atoms with Crippen LogP contribution >= 0.6 is 0 Å².